The molecule has 1 atom stereocenters. The molecule has 1 unspecified atom stereocenters. The highest BCUT2D eigenvalue weighted by atomic mass is 32.1. The largest absolute Gasteiger partial charge is 0.493 e. The van der Waals surface area contributed by atoms with Gasteiger partial charge in [0.1, 0.15) is 5.75 Å². The summed E-state index contributed by atoms with van der Waals surface area (Å²) >= 11 is 1.81. The van der Waals surface area contributed by atoms with Gasteiger partial charge in [-0.3, -0.25) is 0 Å². The lowest BCUT2D eigenvalue weighted by molar-refractivity contribution is 0.262. The van der Waals surface area contributed by atoms with Gasteiger partial charge in [-0.1, -0.05) is 25.1 Å². The monoisotopic (exact) mass is 288 g/mol. The number of hydrogen-bond donors (Lipinski definition) is 1. The third-order valence-electron chi connectivity index (χ3n) is 3.53. The van der Waals surface area contributed by atoms with Crippen LogP contribution in [0, 0.1) is 0 Å². The number of ether oxygens (including phenoxy) is 1. The van der Waals surface area contributed by atoms with Gasteiger partial charge >= 0.3 is 0 Å². The molecule has 4 heteroatoms. The number of aromatic nitrogens is 1. The van der Waals surface area contributed by atoms with E-state index in [4.69, 9.17) is 4.74 Å². The van der Waals surface area contributed by atoms with Crippen molar-refractivity contribution in [2.75, 3.05) is 13.2 Å². The molecule has 20 heavy (non-hydrogen) atoms. The second-order valence-corrected chi connectivity index (χ2v) is 6.31. The highest BCUT2D eigenvalue weighted by Gasteiger charge is 2.23. The number of thiazole rings is 1. The number of nitrogens with one attached hydrogen (secondary N) is 1. The van der Waals surface area contributed by atoms with E-state index >= 15 is 0 Å². The minimum atomic E-state index is 0.398. The van der Waals surface area contributed by atoms with E-state index in [0.717, 1.165) is 31.9 Å². The standard InChI is InChI=1S/C16H20N2OS/c1-2-7-17-9-14-10-18-16(20-14)13-8-12-5-3-4-6-15(12)19-11-13/h3-6,10,13,17H,2,7-9,11H2,1H3. The van der Waals surface area contributed by atoms with E-state index in [2.05, 4.69) is 29.4 Å². The summed E-state index contributed by atoms with van der Waals surface area (Å²) in [5.41, 5.74) is 1.30. The van der Waals surface area contributed by atoms with Gasteiger partial charge in [0.2, 0.25) is 0 Å². The van der Waals surface area contributed by atoms with Gasteiger partial charge < -0.3 is 10.1 Å². The molecule has 1 aromatic heterocycles. The van der Waals surface area contributed by atoms with Crippen molar-refractivity contribution in [2.45, 2.75) is 32.2 Å². The van der Waals surface area contributed by atoms with Gasteiger partial charge in [0.15, 0.2) is 0 Å². The second-order valence-electron chi connectivity index (χ2n) is 5.16. The van der Waals surface area contributed by atoms with Crippen LogP contribution < -0.4 is 10.1 Å². The zero-order valence-electron chi connectivity index (χ0n) is 11.8. The summed E-state index contributed by atoms with van der Waals surface area (Å²) in [7, 11) is 0. The molecule has 0 aliphatic carbocycles. The average Bonchev–Trinajstić information content (AvgIpc) is 2.96. The van der Waals surface area contributed by atoms with Crippen LogP contribution in [0.5, 0.6) is 5.75 Å². The average molecular weight is 288 g/mol. The maximum Gasteiger partial charge on any atom is 0.122 e. The predicted octanol–water partition coefficient (Wildman–Crippen LogP) is 3.36. The van der Waals surface area contributed by atoms with E-state index in [-0.39, 0.29) is 0 Å². The van der Waals surface area contributed by atoms with Crippen molar-refractivity contribution in [3.05, 3.63) is 45.9 Å². The van der Waals surface area contributed by atoms with Gasteiger partial charge in [0.25, 0.3) is 0 Å². The number of rotatable bonds is 5. The normalized spacial score (nSPS) is 17.6. The Kier molecular flexibility index (Phi) is 4.33. The fourth-order valence-corrected chi connectivity index (χ4v) is 3.44. The van der Waals surface area contributed by atoms with E-state index in [9.17, 15) is 0 Å². The first kappa shape index (κ1) is 13.6. The molecule has 106 valence electrons. The van der Waals surface area contributed by atoms with Gasteiger partial charge in [-0.2, -0.15) is 0 Å². The van der Waals surface area contributed by atoms with Crippen LogP contribution in [0.25, 0.3) is 0 Å². The van der Waals surface area contributed by atoms with Gasteiger partial charge in [0.05, 0.1) is 11.6 Å². The van der Waals surface area contributed by atoms with Crippen molar-refractivity contribution in [3.63, 3.8) is 0 Å². The number of benzene rings is 1. The summed E-state index contributed by atoms with van der Waals surface area (Å²) < 4.78 is 5.85. The third-order valence-corrected chi connectivity index (χ3v) is 4.69. The van der Waals surface area contributed by atoms with Gasteiger partial charge in [0, 0.05) is 23.5 Å². The first-order valence-electron chi connectivity index (χ1n) is 7.23. The highest BCUT2D eigenvalue weighted by molar-refractivity contribution is 7.11. The summed E-state index contributed by atoms with van der Waals surface area (Å²) in [5.74, 6) is 1.43. The second kappa shape index (κ2) is 6.37. The van der Waals surface area contributed by atoms with E-state index in [1.54, 1.807) is 0 Å². The smallest absolute Gasteiger partial charge is 0.122 e. The molecule has 0 spiro atoms. The fourth-order valence-electron chi connectivity index (χ4n) is 2.47. The topological polar surface area (TPSA) is 34.2 Å². The number of hydrogen-bond acceptors (Lipinski definition) is 4. The van der Waals surface area contributed by atoms with Crippen LogP contribution in [0.1, 0.15) is 34.7 Å². The SMILES string of the molecule is CCCNCc1cnc(C2COc3ccccc3C2)s1. The minimum absolute atomic E-state index is 0.398. The zero-order chi connectivity index (χ0) is 13.8. The summed E-state index contributed by atoms with van der Waals surface area (Å²) in [4.78, 5) is 5.90. The van der Waals surface area contributed by atoms with Crippen LogP contribution in [-0.4, -0.2) is 18.1 Å². The Morgan fingerprint density at radius 2 is 2.30 bits per heavy atom. The summed E-state index contributed by atoms with van der Waals surface area (Å²) in [6.45, 7) is 4.91. The van der Waals surface area contributed by atoms with Gasteiger partial charge in [-0.05, 0) is 31.0 Å². The number of nitrogens with zero attached hydrogens (tertiary/aromatic N) is 1. The summed E-state index contributed by atoms with van der Waals surface area (Å²) in [5, 5.41) is 4.62. The Morgan fingerprint density at radius 1 is 1.40 bits per heavy atom. The first-order chi connectivity index (χ1) is 9.86. The molecule has 0 fully saturated rings. The fraction of sp³-hybridized carbons (Fsp3) is 0.438. The molecule has 1 aliphatic rings. The maximum atomic E-state index is 5.85. The molecule has 0 saturated heterocycles. The van der Waals surface area contributed by atoms with Gasteiger partial charge in [-0.15, -0.1) is 11.3 Å². The van der Waals surface area contributed by atoms with E-state index < -0.39 is 0 Å². The molecule has 0 saturated carbocycles. The van der Waals surface area contributed by atoms with Gasteiger partial charge in [-0.25, -0.2) is 4.98 Å². The van der Waals surface area contributed by atoms with Crippen molar-refractivity contribution in [1.29, 1.82) is 0 Å². The third kappa shape index (κ3) is 3.02. The summed E-state index contributed by atoms with van der Waals surface area (Å²) in [6, 6.07) is 8.30. The molecular formula is C16H20N2OS. The summed E-state index contributed by atoms with van der Waals surface area (Å²) in [6.07, 6.45) is 4.20. The van der Waals surface area contributed by atoms with Crippen molar-refractivity contribution < 1.29 is 4.74 Å². The lowest BCUT2D eigenvalue weighted by Gasteiger charge is -2.23. The van der Waals surface area contributed by atoms with Crippen LogP contribution in [0.2, 0.25) is 0 Å². The van der Waals surface area contributed by atoms with Crippen molar-refractivity contribution in [2.24, 2.45) is 0 Å². The number of para-hydroxylation sites is 1. The molecule has 2 heterocycles. The predicted molar refractivity (Wildman–Crippen MR) is 82.5 cm³/mol. The molecule has 1 aromatic carbocycles. The molecule has 0 radical (unpaired) electrons. The van der Waals surface area contributed by atoms with Crippen LogP contribution in [-0.2, 0) is 13.0 Å². The Labute approximate surface area is 124 Å². The Balaban J connectivity index is 1.66. The lowest BCUT2D eigenvalue weighted by Crippen LogP contribution is -2.18. The maximum absolute atomic E-state index is 5.85. The molecular weight excluding hydrogens is 268 g/mol. The van der Waals surface area contributed by atoms with Crippen molar-refractivity contribution >= 4 is 11.3 Å². The molecule has 3 nitrogen and oxygen atoms in total. The molecule has 2 aromatic rings. The van der Waals surface area contributed by atoms with E-state index in [0.29, 0.717) is 5.92 Å². The van der Waals surface area contributed by atoms with Crippen LogP contribution in [0.3, 0.4) is 0 Å². The van der Waals surface area contributed by atoms with E-state index in [1.807, 2.05) is 29.7 Å². The molecule has 1 aliphatic heterocycles. The van der Waals surface area contributed by atoms with Crippen molar-refractivity contribution in [3.8, 4) is 5.75 Å². The minimum Gasteiger partial charge on any atom is -0.493 e. The molecule has 3 rings (SSSR count). The Morgan fingerprint density at radius 3 is 3.20 bits per heavy atom. The first-order valence-corrected chi connectivity index (χ1v) is 8.04. The number of fused-ring (bicyclic) bond motifs is 1. The molecule has 0 bridgehead atoms. The highest BCUT2D eigenvalue weighted by Crippen LogP contribution is 2.33. The lowest BCUT2D eigenvalue weighted by atomic mass is 9.97. The zero-order valence-corrected chi connectivity index (χ0v) is 12.6. The Hall–Kier alpha value is -1.39. The molecule has 0 amide bonds. The van der Waals surface area contributed by atoms with Crippen LogP contribution in [0.4, 0.5) is 0 Å². The van der Waals surface area contributed by atoms with Crippen molar-refractivity contribution in [1.82, 2.24) is 10.3 Å². The van der Waals surface area contributed by atoms with Crippen LogP contribution in [0.15, 0.2) is 30.5 Å². The quantitative estimate of drug-likeness (QED) is 0.857. The van der Waals surface area contributed by atoms with E-state index in [1.165, 1.54) is 21.9 Å². The molecule has 1 N–H and O–H groups in total. The van der Waals surface area contributed by atoms with Crippen LogP contribution >= 0.6 is 11.3 Å². The Bertz CT molecular complexity index is 567.